The second kappa shape index (κ2) is 7.09. The maximum Gasteiger partial charge on any atom is 0.239 e. The minimum absolute atomic E-state index is 0.0763. The average molecular weight is 298 g/mol. The molecule has 0 bridgehead atoms. The largest absolute Gasteiger partial charge is 0.496 e. The standard InChI is InChI=1S/C18H22N2O2/c1-12-9-10-16(22-3)15(11-12)13(2)20-17(18(19)21)14-7-5-4-6-8-14/h4-11,13,17,20H,1-3H3,(H2,19,21)/t13-,17+/m1/s1. The lowest BCUT2D eigenvalue weighted by Gasteiger charge is -2.23. The molecule has 4 heteroatoms. The summed E-state index contributed by atoms with van der Waals surface area (Å²) >= 11 is 0. The lowest BCUT2D eigenvalue weighted by Crippen LogP contribution is -2.35. The molecular formula is C18H22N2O2. The Kier molecular flexibility index (Phi) is 5.17. The van der Waals surface area contributed by atoms with Crippen molar-refractivity contribution in [3.8, 4) is 5.75 Å². The van der Waals surface area contributed by atoms with Gasteiger partial charge in [-0.15, -0.1) is 0 Å². The SMILES string of the molecule is COc1ccc(C)cc1[C@@H](C)N[C@H](C(N)=O)c1ccccc1. The lowest BCUT2D eigenvalue weighted by atomic mass is 10.0. The van der Waals surface area contributed by atoms with Crippen LogP contribution in [0.4, 0.5) is 0 Å². The number of nitrogens with one attached hydrogen (secondary N) is 1. The van der Waals surface area contributed by atoms with E-state index in [1.54, 1.807) is 7.11 Å². The van der Waals surface area contributed by atoms with Crippen LogP contribution in [0.1, 0.15) is 35.7 Å². The Morgan fingerprint density at radius 1 is 1.18 bits per heavy atom. The molecule has 0 saturated carbocycles. The summed E-state index contributed by atoms with van der Waals surface area (Å²) in [5.74, 6) is 0.395. The molecule has 2 aromatic rings. The Morgan fingerprint density at radius 2 is 1.86 bits per heavy atom. The highest BCUT2D eigenvalue weighted by atomic mass is 16.5. The van der Waals surface area contributed by atoms with E-state index in [9.17, 15) is 4.79 Å². The van der Waals surface area contributed by atoms with E-state index in [0.29, 0.717) is 0 Å². The number of rotatable bonds is 6. The van der Waals surface area contributed by atoms with Gasteiger partial charge in [0.15, 0.2) is 0 Å². The van der Waals surface area contributed by atoms with E-state index in [1.165, 1.54) is 0 Å². The Labute approximate surface area is 131 Å². The highest BCUT2D eigenvalue weighted by molar-refractivity contribution is 5.81. The van der Waals surface area contributed by atoms with E-state index in [-0.39, 0.29) is 6.04 Å². The molecule has 1 amide bonds. The number of hydrogen-bond acceptors (Lipinski definition) is 3. The Hall–Kier alpha value is -2.33. The van der Waals surface area contributed by atoms with Gasteiger partial charge in [0.2, 0.25) is 5.91 Å². The molecule has 2 rings (SSSR count). The van der Waals surface area contributed by atoms with E-state index < -0.39 is 11.9 Å². The molecule has 0 unspecified atom stereocenters. The molecule has 2 aromatic carbocycles. The first-order valence-corrected chi connectivity index (χ1v) is 7.27. The quantitative estimate of drug-likeness (QED) is 0.862. The second-order valence-corrected chi connectivity index (χ2v) is 5.38. The van der Waals surface area contributed by atoms with Crippen LogP contribution < -0.4 is 15.8 Å². The smallest absolute Gasteiger partial charge is 0.239 e. The fourth-order valence-corrected chi connectivity index (χ4v) is 2.52. The molecule has 0 fully saturated rings. The molecule has 0 saturated heterocycles. The van der Waals surface area contributed by atoms with Crippen LogP contribution in [0.15, 0.2) is 48.5 Å². The first-order chi connectivity index (χ1) is 10.5. The van der Waals surface area contributed by atoms with Crippen LogP contribution >= 0.6 is 0 Å². The third kappa shape index (κ3) is 3.65. The number of carbonyl (C=O) groups excluding carboxylic acids is 1. The van der Waals surface area contributed by atoms with Crippen LogP contribution in [0, 0.1) is 6.92 Å². The Bertz CT molecular complexity index is 641. The van der Waals surface area contributed by atoms with Crippen LogP contribution in [0.25, 0.3) is 0 Å². The molecule has 0 heterocycles. The van der Waals surface area contributed by atoms with Crippen LogP contribution in [-0.4, -0.2) is 13.0 Å². The first kappa shape index (κ1) is 16.0. The van der Waals surface area contributed by atoms with Crippen molar-refractivity contribution in [2.24, 2.45) is 5.73 Å². The number of aryl methyl sites for hydroxylation is 1. The number of methoxy groups -OCH3 is 1. The summed E-state index contributed by atoms with van der Waals surface area (Å²) in [6, 6.07) is 14.9. The summed E-state index contributed by atoms with van der Waals surface area (Å²) in [5, 5.41) is 3.30. The molecule has 0 aliphatic heterocycles. The predicted molar refractivity (Wildman–Crippen MR) is 87.7 cm³/mol. The summed E-state index contributed by atoms with van der Waals surface area (Å²) in [5.41, 5.74) is 8.56. The van der Waals surface area contributed by atoms with Crippen molar-refractivity contribution in [1.82, 2.24) is 5.32 Å². The van der Waals surface area contributed by atoms with Crippen molar-refractivity contribution < 1.29 is 9.53 Å². The van der Waals surface area contributed by atoms with Gasteiger partial charge in [0, 0.05) is 11.6 Å². The fraction of sp³-hybridized carbons (Fsp3) is 0.278. The van der Waals surface area contributed by atoms with Gasteiger partial charge < -0.3 is 10.5 Å². The zero-order chi connectivity index (χ0) is 16.1. The van der Waals surface area contributed by atoms with Crippen molar-refractivity contribution in [3.05, 3.63) is 65.2 Å². The number of amides is 1. The van der Waals surface area contributed by atoms with Gasteiger partial charge in [-0.2, -0.15) is 0 Å². The lowest BCUT2D eigenvalue weighted by molar-refractivity contribution is -0.120. The second-order valence-electron chi connectivity index (χ2n) is 5.38. The summed E-state index contributed by atoms with van der Waals surface area (Å²) in [6.45, 7) is 4.02. The third-order valence-electron chi connectivity index (χ3n) is 3.69. The minimum atomic E-state index is -0.540. The van der Waals surface area contributed by atoms with Crippen LogP contribution in [0.3, 0.4) is 0 Å². The van der Waals surface area contributed by atoms with Gasteiger partial charge in [-0.3, -0.25) is 10.1 Å². The maximum atomic E-state index is 11.8. The van der Waals surface area contributed by atoms with Crippen molar-refractivity contribution in [3.63, 3.8) is 0 Å². The molecule has 4 nitrogen and oxygen atoms in total. The van der Waals surface area contributed by atoms with E-state index in [1.807, 2.05) is 56.3 Å². The number of benzene rings is 2. The van der Waals surface area contributed by atoms with Gasteiger partial charge in [0.1, 0.15) is 11.8 Å². The number of carbonyl (C=O) groups is 1. The summed E-state index contributed by atoms with van der Waals surface area (Å²) in [6.07, 6.45) is 0. The molecular weight excluding hydrogens is 276 g/mol. The zero-order valence-corrected chi connectivity index (χ0v) is 13.2. The Morgan fingerprint density at radius 3 is 2.45 bits per heavy atom. The highest BCUT2D eigenvalue weighted by Crippen LogP contribution is 2.28. The molecule has 0 aromatic heterocycles. The third-order valence-corrected chi connectivity index (χ3v) is 3.69. The van der Waals surface area contributed by atoms with Gasteiger partial charge in [-0.25, -0.2) is 0 Å². The number of primary amides is 1. The first-order valence-electron chi connectivity index (χ1n) is 7.27. The van der Waals surface area contributed by atoms with Crippen LogP contribution in [-0.2, 0) is 4.79 Å². The molecule has 2 atom stereocenters. The van der Waals surface area contributed by atoms with Crippen LogP contribution in [0.5, 0.6) is 5.75 Å². The molecule has 0 radical (unpaired) electrons. The van der Waals surface area contributed by atoms with E-state index in [2.05, 4.69) is 11.4 Å². The van der Waals surface area contributed by atoms with E-state index >= 15 is 0 Å². The minimum Gasteiger partial charge on any atom is -0.496 e. The molecule has 0 aliphatic carbocycles. The normalized spacial score (nSPS) is 13.4. The molecule has 116 valence electrons. The van der Waals surface area contributed by atoms with Crippen molar-refractivity contribution in [2.45, 2.75) is 25.9 Å². The summed E-state index contributed by atoms with van der Waals surface area (Å²) in [7, 11) is 1.64. The number of hydrogen-bond donors (Lipinski definition) is 2. The Balaban J connectivity index is 2.27. The molecule has 0 spiro atoms. The summed E-state index contributed by atoms with van der Waals surface area (Å²) < 4.78 is 5.41. The number of ether oxygens (including phenoxy) is 1. The van der Waals surface area contributed by atoms with Gasteiger partial charge in [-0.1, -0.05) is 48.0 Å². The van der Waals surface area contributed by atoms with Crippen molar-refractivity contribution in [2.75, 3.05) is 7.11 Å². The fourth-order valence-electron chi connectivity index (χ4n) is 2.52. The summed E-state index contributed by atoms with van der Waals surface area (Å²) in [4.78, 5) is 11.8. The zero-order valence-electron chi connectivity index (χ0n) is 13.2. The number of nitrogens with two attached hydrogens (primary N) is 1. The molecule has 3 N–H and O–H groups in total. The van der Waals surface area contributed by atoms with Gasteiger partial charge in [-0.05, 0) is 25.5 Å². The molecule has 22 heavy (non-hydrogen) atoms. The molecule has 0 aliphatic rings. The van der Waals surface area contributed by atoms with Gasteiger partial charge in [0.05, 0.1) is 7.11 Å². The maximum absolute atomic E-state index is 11.8. The van der Waals surface area contributed by atoms with Crippen LogP contribution in [0.2, 0.25) is 0 Å². The monoisotopic (exact) mass is 298 g/mol. The topological polar surface area (TPSA) is 64.3 Å². The van der Waals surface area contributed by atoms with Gasteiger partial charge in [0.25, 0.3) is 0 Å². The van der Waals surface area contributed by atoms with Gasteiger partial charge >= 0.3 is 0 Å². The highest BCUT2D eigenvalue weighted by Gasteiger charge is 2.22. The van der Waals surface area contributed by atoms with E-state index in [0.717, 1.165) is 22.4 Å². The van der Waals surface area contributed by atoms with Crippen molar-refractivity contribution >= 4 is 5.91 Å². The predicted octanol–water partition coefficient (Wildman–Crippen LogP) is 2.88. The van der Waals surface area contributed by atoms with Crippen molar-refractivity contribution in [1.29, 1.82) is 0 Å². The van der Waals surface area contributed by atoms with E-state index in [4.69, 9.17) is 10.5 Å². The average Bonchev–Trinajstić information content (AvgIpc) is 2.52.